The summed E-state index contributed by atoms with van der Waals surface area (Å²) < 4.78 is 0. The predicted molar refractivity (Wildman–Crippen MR) is 84.1 cm³/mol. The van der Waals surface area contributed by atoms with Crippen molar-refractivity contribution in [1.82, 2.24) is 5.06 Å². The van der Waals surface area contributed by atoms with Gasteiger partial charge >= 0.3 is 0 Å². The number of carbonyl (C=O) groups is 1. The molecule has 114 valence electrons. The maximum atomic E-state index is 12.1. The van der Waals surface area contributed by atoms with Crippen molar-refractivity contribution >= 4 is 29.4 Å². The van der Waals surface area contributed by atoms with Crippen molar-refractivity contribution in [2.45, 2.75) is 33.7 Å². The third-order valence-electron chi connectivity index (χ3n) is 3.22. The topological polar surface area (TPSA) is 53.9 Å². The number of benzene rings is 1. The van der Waals surface area contributed by atoms with E-state index in [1.165, 1.54) is 5.06 Å². The van der Waals surface area contributed by atoms with Crippen LogP contribution in [-0.4, -0.2) is 23.8 Å². The van der Waals surface area contributed by atoms with Gasteiger partial charge in [-0.25, -0.2) is 5.06 Å². The van der Waals surface area contributed by atoms with Crippen molar-refractivity contribution < 1.29 is 9.63 Å². The molecule has 2 rings (SSSR count). The Kier molecular flexibility index (Phi) is 4.85. The van der Waals surface area contributed by atoms with E-state index in [0.29, 0.717) is 18.2 Å². The highest BCUT2D eigenvalue weighted by atomic mass is 35.5. The zero-order valence-electron chi connectivity index (χ0n) is 12.5. The Bertz CT molecular complexity index is 558. The molecule has 0 aliphatic carbocycles. The summed E-state index contributed by atoms with van der Waals surface area (Å²) in [5, 5.41) is 6.00. The van der Waals surface area contributed by atoms with Crippen molar-refractivity contribution in [3.63, 3.8) is 0 Å². The molecule has 0 unspecified atom stereocenters. The minimum Gasteiger partial charge on any atom is -0.279 e. The molecule has 1 N–H and O–H groups in total. The van der Waals surface area contributed by atoms with Crippen LogP contribution in [0.2, 0.25) is 5.02 Å². The molecule has 1 aliphatic rings. The number of nitrogens with one attached hydrogen (secondary N) is 1. The van der Waals surface area contributed by atoms with E-state index >= 15 is 0 Å². The second kappa shape index (κ2) is 6.45. The first kappa shape index (κ1) is 15.8. The fraction of sp³-hybridized carbons (Fsp3) is 0.467. The van der Waals surface area contributed by atoms with E-state index in [1.54, 1.807) is 12.3 Å². The number of anilines is 1. The summed E-state index contributed by atoms with van der Waals surface area (Å²) in [7, 11) is 0. The molecule has 1 aromatic carbocycles. The lowest BCUT2D eigenvalue weighted by atomic mass is 9.95. The molecule has 1 fully saturated rings. The van der Waals surface area contributed by atoms with Gasteiger partial charge in [0, 0.05) is 11.2 Å². The molecular formula is C15H20ClN3O2. The average Bonchev–Trinajstić information content (AvgIpc) is 2.69. The van der Waals surface area contributed by atoms with Crippen molar-refractivity contribution in [1.29, 1.82) is 0 Å². The maximum Gasteiger partial charge on any atom is 0.254 e. The number of halogens is 1. The number of rotatable bonds is 5. The normalized spacial score (nSPS) is 17.7. The van der Waals surface area contributed by atoms with E-state index in [9.17, 15) is 4.79 Å². The molecule has 0 radical (unpaired) electrons. The Balaban J connectivity index is 2.05. The highest BCUT2D eigenvalue weighted by molar-refractivity contribution is 6.31. The van der Waals surface area contributed by atoms with E-state index in [4.69, 9.17) is 16.4 Å². The molecule has 5 nitrogen and oxygen atoms in total. The largest absolute Gasteiger partial charge is 0.279 e. The molecule has 0 aromatic heterocycles. The van der Waals surface area contributed by atoms with E-state index in [2.05, 4.69) is 10.5 Å². The van der Waals surface area contributed by atoms with Gasteiger partial charge in [0.15, 0.2) is 0 Å². The number of hydrazone groups is 1. The fourth-order valence-corrected chi connectivity index (χ4v) is 2.17. The lowest BCUT2D eigenvalue weighted by molar-refractivity contribution is -0.165. The zero-order valence-corrected chi connectivity index (χ0v) is 13.3. The summed E-state index contributed by atoms with van der Waals surface area (Å²) in [4.78, 5) is 17.5. The van der Waals surface area contributed by atoms with Gasteiger partial charge in [-0.1, -0.05) is 24.6 Å². The van der Waals surface area contributed by atoms with Gasteiger partial charge in [0.25, 0.3) is 5.91 Å². The van der Waals surface area contributed by atoms with Crippen molar-refractivity contribution in [2.24, 2.45) is 10.5 Å². The Morgan fingerprint density at radius 3 is 2.86 bits per heavy atom. The number of hydrogen-bond acceptors (Lipinski definition) is 4. The molecular weight excluding hydrogens is 290 g/mol. The maximum absolute atomic E-state index is 12.1. The van der Waals surface area contributed by atoms with Crippen LogP contribution in [0, 0.1) is 5.41 Å². The fourth-order valence-electron chi connectivity index (χ4n) is 1.93. The predicted octanol–water partition coefficient (Wildman–Crippen LogP) is 3.45. The third-order valence-corrected chi connectivity index (χ3v) is 3.57. The second-order valence-corrected chi connectivity index (χ2v) is 6.04. The molecule has 1 saturated heterocycles. The molecule has 1 heterocycles. The smallest absolute Gasteiger partial charge is 0.254 e. The van der Waals surface area contributed by atoms with Crippen molar-refractivity contribution in [2.75, 3.05) is 12.0 Å². The van der Waals surface area contributed by atoms with Crippen LogP contribution in [-0.2, 0) is 16.2 Å². The Morgan fingerprint density at radius 1 is 1.52 bits per heavy atom. The minimum atomic E-state index is -0.469. The molecule has 0 saturated carbocycles. The summed E-state index contributed by atoms with van der Waals surface area (Å²) in [5.41, 5.74) is 4.08. The Labute approximate surface area is 129 Å². The van der Waals surface area contributed by atoms with Crippen LogP contribution in [0.5, 0.6) is 0 Å². The molecule has 21 heavy (non-hydrogen) atoms. The molecule has 1 amide bonds. The van der Waals surface area contributed by atoms with Gasteiger partial charge < -0.3 is 0 Å². The van der Waals surface area contributed by atoms with E-state index in [-0.39, 0.29) is 5.91 Å². The molecule has 1 aromatic rings. The van der Waals surface area contributed by atoms with Crippen molar-refractivity contribution in [3.8, 4) is 0 Å². The first-order chi connectivity index (χ1) is 9.94. The van der Waals surface area contributed by atoms with Crippen LogP contribution in [0.4, 0.5) is 5.69 Å². The number of hydroxylamine groups is 2. The van der Waals surface area contributed by atoms with E-state index < -0.39 is 5.41 Å². The van der Waals surface area contributed by atoms with Gasteiger partial charge in [-0.2, -0.15) is 5.10 Å². The Morgan fingerprint density at radius 2 is 2.29 bits per heavy atom. The van der Waals surface area contributed by atoms with E-state index in [0.717, 1.165) is 17.7 Å². The Hall–Kier alpha value is -1.59. The molecule has 6 heteroatoms. The van der Waals surface area contributed by atoms with Crippen LogP contribution < -0.4 is 5.43 Å². The van der Waals surface area contributed by atoms with Crippen LogP contribution >= 0.6 is 11.6 Å². The van der Waals surface area contributed by atoms with E-state index in [1.807, 2.05) is 32.9 Å². The van der Waals surface area contributed by atoms with Gasteiger partial charge in [0.2, 0.25) is 0 Å². The summed E-state index contributed by atoms with van der Waals surface area (Å²) >= 11 is 6.25. The van der Waals surface area contributed by atoms with Crippen LogP contribution in [0.15, 0.2) is 23.3 Å². The highest BCUT2D eigenvalue weighted by Gasteiger charge is 2.40. The van der Waals surface area contributed by atoms with Gasteiger partial charge in [0.05, 0.1) is 24.3 Å². The standard InChI is InChI=1S/C15H20ClN3O2/c1-4-7-17-18-12-6-5-11(13(16)8-12)9-19-14(20)15(2,3)10-21-19/h5-8,18H,4,9-10H2,1-3H3. The van der Waals surface area contributed by atoms with Gasteiger partial charge in [-0.15, -0.1) is 0 Å². The number of carbonyl (C=O) groups excluding carboxylic acids is 1. The quantitative estimate of drug-likeness (QED) is 0.669. The summed E-state index contributed by atoms with van der Waals surface area (Å²) in [6.45, 7) is 6.50. The number of nitrogens with zero attached hydrogens (tertiary/aromatic N) is 2. The van der Waals surface area contributed by atoms with Crippen molar-refractivity contribution in [3.05, 3.63) is 28.8 Å². The van der Waals surface area contributed by atoms with Gasteiger partial charge in [-0.3, -0.25) is 15.1 Å². The molecule has 1 aliphatic heterocycles. The minimum absolute atomic E-state index is 0.0201. The molecule has 0 atom stereocenters. The number of amides is 1. The lowest BCUT2D eigenvalue weighted by Crippen LogP contribution is -2.30. The van der Waals surface area contributed by atoms with Crippen LogP contribution in [0.25, 0.3) is 0 Å². The summed E-state index contributed by atoms with van der Waals surface area (Å²) in [6, 6.07) is 5.53. The van der Waals surface area contributed by atoms with Crippen LogP contribution in [0.1, 0.15) is 32.8 Å². The number of hydrogen-bond donors (Lipinski definition) is 1. The third kappa shape index (κ3) is 3.74. The van der Waals surface area contributed by atoms with Gasteiger partial charge in [-0.05, 0) is 38.0 Å². The molecule has 0 bridgehead atoms. The average molecular weight is 310 g/mol. The van der Waals surface area contributed by atoms with Gasteiger partial charge in [0.1, 0.15) is 0 Å². The SMILES string of the molecule is CCC=NNc1ccc(CN2OCC(C)(C)C2=O)c(Cl)c1. The van der Waals surface area contributed by atoms with Crippen LogP contribution in [0.3, 0.4) is 0 Å². The monoisotopic (exact) mass is 309 g/mol. The summed E-state index contributed by atoms with van der Waals surface area (Å²) in [6.07, 6.45) is 2.64. The highest BCUT2D eigenvalue weighted by Crippen LogP contribution is 2.30. The first-order valence-corrected chi connectivity index (χ1v) is 7.32. The summed E-state index contributed by atoms with van der Waals surface area (Å²) in [5.74, 6) is -0.0201. The zero-order chi connectivity index (χ0) is 15.5. The first-order valence-electron chi connectivity index (χ1n) is 6.95. The lowest BCUT2D eigenvalue weighted by Gasteiger charge is -2.17. The second-order valence-electron chi connectivity index (χ2n) is 5.64. The molecule has 0 spiro atoms.